The van der Waals surface area contributed by atoms with Gasteiger partial charge in [-0.25, -0.2) is 0 Å². The van der Waals surface area contributed by atoms with E-state index in [1.165, 1.54) is 321 Å². The monoisotopic (exact) mass is 1090 g/mol. The molecule has 0 fully saturated rings. The first-order valence-corrected chi connectivity index (χ1v) is 35.5. The van der Waals surface area contributed by atoms with E-state index < -0.39 is 6.10 Å². The predicted octanol–water partition coefficient (Wildman–Crippen LogP) is 24.2. The van der Waals surface area contributed by atoms with Crippen molar-refractivity contribution in [2.75, 3.05) is 13.2 Å². The molecule has 77 heavy (non-hydrogen) atoms. The van der Waals surface area contributed by atoms with Gasteiger partial charge in [-0.05, 0) is 19.3 Å². The van der Waals surface area contributed by atoms with Gasteiger partial charge in [-0.1, -0.05) is 380 Å². The van der Waals surface area contributed by atoms with Crippen LogP contribution < -0.4 is 0 Å². The van der Waals surface area contributed by atoms with Crippen LogP contribution in [0.5, 0.6) is 0 Å². The van der Waals surface area contributed by atoms with Gasteiger partial charge in [-0.2, -0.15) is 0 Å². The highest BCUT2D eigenvalue weighted by Crippen LogP contribution is 2.19. The molecule has 1 atom stereocenters. The third-order valence-corrected chi connectivity index (χ3v) is 16.6. The van der Waals surface area contributed by atoms with E-state index >= 15 is 0 Å². The molecule has 0 saturated heterocycles. The lowest BCUT2D eigenvalue weighted by Crippen LogP contribution is -2.30. The Hall–Kier alpha value is -1.59. The molecule has 0 aromatic heterocycles. The molecule has 1 unspecified atom stereocenters. The summed E-state index contributed by atoms with van der Waals surface area (Å²) in [7, 11) is 0. The van der Waals surface area contributed by atoms with Gasteiger partial charge in [-0.3, -0.25) is 14.4 Å². The summed E-state index contributed by atoms with van der Waals surface area (Å²) in [5, 5.41) is 0. The third-order valence-electron chi connectivity index (χ3n) is 16.6. The molecular weight excluding hydrogens is 949 g/mol. The van der Waals surface area contributed by atoms with Crippen molar-refractivity contribution >= 4 is 17.9 Å². The molecule has 0 radical (unpaired) electrons. The molecular formula is C71H138O6. The Bertz CT molecular complexity index is 1160. The normalized spacial score (nSPS) is 11.9. The molecule has 0 bridgehead atoms. The molecule has 6 nitrogen and oxygen atoms in total. The number of rotatable bonds is 67. The lowest BCUT2D eigenvalue weighted by molar-refractivity contribution is -0.167. The predicted molar refractivity (Wildman–Crippen MR) is 335 cm³/mol. The van der Waals surface area contributed by atoms with E-state index in [0.29, 0.717) is 19.3 Å². The lowest BCUT2D eigenvalue weighted by Gasteiger charge is -2.18. The van der Waals surface area contributed by atoms with Gasteiger partial charge in [0.05, 0.1) is 0 Å². The fourth-order valence-corrected chi connectivity index (χ4v) is 11.3. The Morgan fingerprint density at radius 3 is 0.519 bits per heavy atom. The first-order valence-electron chi connectivity index (χ1n) is 35.5. The molecule has 0 aromatic rings. The Kier molecular flexibility index (Phi) is 65.5. The van der Waals surface area contributed by atoms with E-state index in [1.807, 2.05) is 0 Å². The van der Waals surface area contributed by atoms with Crippen LogP contribution in [0.1, 0.15) is 419 Å². The standard InChI is InChI=1S/C71H138O6/c1-4-7-10-13-16-19-22-25-27-28-29-30-31-32-33-34-35-36-37-38-39-40-41-42-43-44-45-47-49-52-55-58-61-64-70(73)76-67-68(66-75-69(72)63-60-57-54-51-48-24-21-18-15-12-9-6-3)77-71(74)65-62-59-56-53-50-46-26-23-20-17-14-11-8-5-2/h68H,4-67H2,1-3H3. The Morgan fingerprint density at radius 1 is 0.208 bits per heavy atom. The van der Waals surface area contributed by atoms with Crippen molar-refractivity contribution < 1.29 is 28.6 Å². The van der Waals surface area contributed by atoms with E-state index in [9.17, 15) is 14.4 Å². The summed E-state index contributed by atoms with van der Waals surface area (Å²) in [5.41, 5.74) is 0. The van der Waals surface area contributed by atoms with Gasteiger partial charge in [0, 0.05) is 19.3 Å². The molecule has 0 amide bonds. The van der Waals surface area contributed by atoms with Gasteiger partial charge < -0.3 is 14.2 Å². The van der Waals surface area contributed by atoms with Crippen LogP contribution in [0.4, 0.5) is 0 Å². The summed E-state index contributed by atoms with van der Waals surface area (Å²) in [6, 6.07) is 0. The second-order valence-electron chi connectivity index (χ2n) is 24.5. The van der Waals surface area contributed by atoms with Crippen LogP contribution in [0.25, 0.3) is 0 Å². The summed E-state index contributed by atoms with van der Waals surface area (Å²) >= 11 is 0. The fraction of sp³-hybridized carbons (Fsp3) is 0.958. The maximum atomic E-state index is 12.9. The third kappa shape index (κ3) is 65.1. The molecule has 0 aromatic carbocycles. The molecule has 0 aliphatic heterocycles. The zero-order chi connectivity index (χ0) is 55.7. The Labute approximate surface area is 482 Å². The molecule has 0 rings (SSSR count). The second kappa shape index (κ2) is 66.9. The van der Waals surface area contributed by atoms with E-state index in [1.54, 1.807) is 0 Å². The molecule has 0 saturated carbocycles. The van der Waals surface area contributed by atoms with E-state index in [0.717, 1.165) is 57.8 Å². The van der Waals surface area contributed by atoms with Gasteiger partial charge in [0.1, 0.15) is 13.2 Å². The van der Waals surface area contributed by atoms with Gasteiger partial charge in [0.15, 0.2) is 6.10 Å². The van der Waals surface area contributed by atoms with Crippen molar-refractivity contribution in [3.8, 4) is 0 Å². The molecule has 6 heteroatoms. The van der Waals surface area contributed by atoms with Gasteiger partial charge in [0.25, 0.3) is 0 Å². The van der Waals surface area contributed by atoms with Gasteiger partial charge in [0.2, 0.25) is 0 Å². The van der Waals surface area contributed by atoms with Crippen LogP contribution in [-0.4, -0.2) is 37.2 Å². The van der Waals surface area contributed by atoms with Crippen molar-refractivity contribution in [1.82, 2.24) is 0 Å². The first kappa shape index (κ1) is 75.4. The smallest absolute Gasteiger partial charge is 0.306 e. The van der Waals surface area contributed by atoms with E-state index in [-0.39, 0.29) is 31.1 Å². The number of carbonyl (C=O) groups is 3. The summed E-state index contributed by atoms with van der Waals surface area (Å²) in [6.07, 6.45) is 78.7. The molecule has 0 spiro atoms. The number of unbranched alkanes of at least 4 members (excludes halogenated alkanes) is 56. The average molecular weight is 1090 g/mol. The van der Waals surface area contributed by atoms with E-state index in [2.05, 4.69) is 20.8 Å². The van der Waals surface area contributed by atoms with Crippen LogP contribution in [0.2, 0.25) is 0 Å². The Balaban J connectivity index is 4.00. The van der Waals surface area contributed by atoms with Crippen LogP contribution in [0, 0.1) is 0 Å². The van der Waals surface area contributed by atoms with E-state index in [4.69, 9.17) is 14.2 Å². The SMILES string of the molecule is CCCCCCCCCCCCCCCCCCCCCCCCCCCCCCCCCCCC(=O)OCC(COC(=O)CCCCCCCCCCCCCC)OC(=O)CCCCCCCCCCCCCCCC. The number of hydrogen-bond acceptors (Lipinski definition) is 6. The van der Waals surface area contributed by atoms with Crippen molar-refractivity contribution in [2.45, 2.75) is 425 Å². The molecule has 458 valence electrons. The first-order chi connectivity index (χ1) is 38.0. The number of carbonyl (C=O) groups excluding carboxylic acids is 3. The maximum absolute atomic E-state index is 12.9. The van der Waals surface area contributed by atoms with Gasteiger partial charge in [-0.15, -0.1) is 0 Å². The zero-order valence-corrected chi connectivity index (χ0v) is 52.8. The minimum absolute atomic E-state index is 0.0607. The minimum atomic E-state index is -0.762. The highest BCUT2D eigenvalue weighted by molar-refractivity contribution is 5.71. The van der Waals surface area contributed by atoms with Gasteiger partial charge >= 0.3 is 17.9 Å². The fourth-order valence-electron chi connectivity index (χ4n) is 11.3. The number of ether oxygens (including phenoxy) is 3. The minimum Gasteiger partial charge on any atom is -0.462 e. The zero-order valence-electron chi connectivity index (χ0n) is 52.8. The average Bonchev–Trinajstić information content (AvgIpc) is 3.43. The summed E-state index contributed by atoms with van der Waals surface area (Å²) < 4.78 is 16.9. The number of hydrogen-bond donors (Lipinski definition) is 0. The second-order valence-corrected chi connectivity index (χ2v) is 24.5. The largest absolute Gasteiger partial charge is 0.462 e. The summed E-state index contributed by atoms with van der Waals surface area (Å²) in [5.74, 6) is -0.826. The van der Waals surface area contributed by atoms with Crippen LogP contribution >= 0.6 is 0 Å². The topological polar surface area (TPSA) is 78.9 Å². The molecule has 0 aliphatic rings. The Morgan fingerprint density at radius 2 is 0.351 bits per heavy atom. The van der Waals surface area contributed by atoms with Crippen molar-refractivity contribution in [3.05, 3.63) is 0 Å². The summed E-state index contributed by atoms with van der Waals surface area (Å²) in [6.45, 7) is 6.72. The van der Waals surface area contributed by atoms with Crippen molar-refractivity contribution in [3.63, 3.8) is 0 Å². The van der Waals surface area contributed by atoms with Crippen LogP contribution in [-0.2, 0) is 28.6 Å². The van der Waals surface area contributed by atoms with Crippen LogP contribution in [0.15, 0.2) is 0 Å². The maximum Gasteiger partial charge on any atom is 0.306 e. The van der Waals surface area contributed by atoms with Crippen LogP contribution in [0.3, 0.4) is 0 Å². The highest BCUT2D eigenvalue weighted by atomic mass is 16.6. The highest BCUT2D eigenvalue weighted by Gasteiger charge is 2.19. The molecule has 0 aliphatic carbocycles. The van der Waals surface area contributed by atoms with Crippen molar-refractivity contribution in [1.29, 1.82) is 0 Å². The summed E-state index contributed by atoms with van der Waals surface area (Å²) in [4.78, 5) is 38.3. The molecule has 0 heterocycles. The molecule has 0 N–H and O–H groups in total. The lowest BCUT2D eigenvalue weighted by atomic mass is 10.0. The quantitative estimate of drug-likeness (QED) is 0.0343. The van der Waals surface area contributed by atoms with Crippen molar-refractivity contribution in [2.24, 2.45) is 0 Å². The number of esters is 3.